The van der Waals surface area contributed by atoms with Crippen LogP contribution in [0.1, 0.15) is 24.0 Å². The summed E-state index contributed by atoms with van der Waals surface area (Å²) in [5, 5.41) is 3.63. The summed E-state index contributed by atoms with van der Waals surface area (Å²) in [5.41, 5.74) is 2.89. The van der Waals surface area contributed by atoms with E-state index in [-0.39, 0.29) is 17.6 Å². The van der Waals surface area contributed by atoms with E-state index < -0.39 is 0 Å². The highest BCUT2D eigenvalue weighted by Gasteiger charge is 2.25. The SMILES string of the molecule is Cc1ccc(Cl)cc1NC(=O)C1CCN(Cc2ccc(F)cc2)CC1. The Morgan fingerprint density at radius 2 is 1.88 bits per heavy atom. The lowest BCUT2D eigenvalue weighted by atomic mass is 9.95. The highest BCUT2D eigenvalue weighted by atomic mass is 35.5. The first-order chi connectivity index (χ1) is 12.0. The maximum absolute atomic E-state index is 13.0. The molecule has 0 aromatic heterocycles. The molecule has 1 saturated heterocycles. The van der Waals surface area contributed by atoms with Crippen molar-refractivity contribution in [2.75, 3.05) is 18.4 Å². The first kappa shape index (κ1) is 17.9. The summed E-state index contributed by atoms with van der Waals surface area (Å²) in [6.07, 6.45) is 1.65. The summed E-state index contributed by atoms with van der Waals surface area (Å²) in [6, 6.07) is 12.1. The Bertz CT molecular complexity index is 740. The van der Waals surface area contributed by atoms with Crippen LogP contribution in [0.4, 0.5) is 10.1 Å². The summed E-state index contributed by atoms with van der Waals surface area (Å²) >= 11 is 6.01. The van der Waals surface area contributed by atoms with Crippen LogP contribution in [0.3, 0.4) is 0 Å². The smallest absolute Gasteiger partial charge is 0.227 e. The van der Waals surface area contributed by atoms with Gasteiger partial charge in [-0.05, 0) is 68.2 Å². The van der Waals surface area contributed by atoms with Gasteiger partial charge < -0.3 is 5.32 Å². The minimum Gasteiger partial charge on any atom is -0.326 e. The van der Waals surface area contributed by atoms with Crippen molar-refractivity contribution in [3.05, 3.63) is 64.4 Å². The predicted octanol–water partition coefficient (Wildman–Crippen LogP) is 4.64. The highest BCUT2D eigenvalue weighted by molar-refractivity contribution is 6.31. The normalized spacial score (nSPS) is 16.0. The number of hydrogen-bond donors (Lipinski definition) is 1. The zero-order chi connectivity index (χ0) is 17.8. The van der Waals surface area contributed by atoms with Gasteiger partial charge in [0.05, 0.1) is 0 Å². The third-order valence-corrected chi connectivity index (χ3v) is 4.97. The van der Waals surface area contributed by atoms with Gasteiger partial charge in [0, 0.05) is 23.2 Å². The van der Waals surface area contributed by atoms with Crippen LogP contribution in [0.5, 0.6) is 0 Å². The molecule has 2 aromatic carbocycles. The van der Waals surface area contributed by atoms with E-state index in [9.17, 15) is 9.18 Å². The van der Waals surface area contributed by atoms with Crippen molar-refractivity contribution in [3.63, 3.8) is 0 Å². The van der Waals surface area contributed by atoms with Crippen molar-refractivity contribution in [2.24, 2.45) is 5.92 Å². The Morgan fingerprint density at radius 3 is 2.56 bits per heavy atom. The lowest BCUT2D eigenvalue weighted by Gasteiger charge is -2.31. The Hall–Kier alpha value is -1.91. The highest BCUT2D eigenvalue weighted by Crippen LogP contribution is 2.24. The van der Waals surface area contributed by atoms with E-state index in [1.807, 2.05) is 31.2 Å². The van der Waals surface area contributed by atoms with Gasteiger partial charge in [-0.2, -0.15) is 0 Å². The van der Waals surface area contributed by atoms with Crippen LogP contribution in [0.25, 0.3) is 0 Å². The largest absolute Gasteiger partial charge is 0.326 e. The standard InChI is InChI=1S/C20H22ClFN2O/c1-14-2-5-17(21)12-19(14)23-20(25)16-8-10-24(11-9-16)13-15-3-6-18(22)7-4-15/h2-7,12,16H,8-11,13H2,1H3,(H,23,25). The number of carbonyl (C=O) groups excluding carboxylic acids is 1. The number of carbonyl (C=O) groups is 1. The van der Waals surface area contributed by atoms with Crippen molar-refractivity contribution in [2.45, 2.75) is 26.3 Å². The Balaban J connectivity index is 1.52. The molecule has 1 N–H and O–H groups in total. The van der Waals surface area contributed by atoms with Crippen LogP contribution in [-0.2, 0) is 11.3 Å². The number of rotatable bonds is 4. The van der Waals surface area contributed by atoms with Crippen LogP contribution in [0, 0.1) is 18.7 Å². The minimum absolute atomic E-state index is 0.0165. The van der Waals surface area contributed by atoms with Crippen molar-refractivity contribution in [1.29, 1.82) is 0 Å². The number of benzene rings is 2. The summed E-state index contributed by atoms with van der Waals surface area (Å²) < 4.78 is 13.0. The van der Waals surface area contributed by atoms with Gasteiger partial charge in [0.25, 0.3) is 0 Å². The van der Waals surface area contributed by atoms with Crippen LogP contribution in [0.15, 0.2) is 42.5 Å². The Morgan fingerprint density at radius 1 is 1.20 bits per heavy atom. The van der Waals surface area contributed by atoms with Gasteiger partial charge >= 0.3 is 0 Å². The average molecular weight is 361 g/mol. The summed E-state index contributed by atoms with van der Waals surface area (Å²) in [6.45, 7) is 4.48. The molecular formula is C20H22ClFN2O. The number of anilines is 1. The molecule has 1 aliphatic rings. The molecule has 2 aromatic rings. The molecule has 0 radical (unpaired) electrons. The van der Waals surface area contributed by atoms with Crippen molar-refractivity contribution in [1.82, 2.24) is 4.90 Å². The van der Waals surface area contributed by atoms with Crippen LogP contribution < -0.4 is 5.32 Å². The number of hydrogen-bond acceptors (Lipinski definition) is 2. The maximum atomic E-state index is 13.0. The summed E-state index contributed by atoms with van der Waals surface area (Å²) in [5.74, 6) is -0.134. The number of nitrogens with zero attached hydrogens (tertiary/aromatic N) is 1. The van der Waals surface area contributed by atoms with E-state index in [4.69, 9.17) is 11.6 Å². The maximum Gasteiger partial charge on any atom is 0.227 e. The average Bonchev–Trinajstić information content (AvgIpc) is 2.61. The molecule has 1 amide bonds. The van der Waals surface area contributed by atoms with Gasteiger partial charge in [0.15, 0.2) is 0 Å². The van der Waals surface area contributed by atoms with Gasteiger partial charge in [-0.15, -0.1) is 0 Å². The number of nitrogens with one attached hydrogen (secondary N) is 1. The molecule has 0 atom stereocenters. The lowest BCUT2D eigenvalue weighted by molar-refractivity contribution is -0.121. The molecular weight excluding hydrogens is 339 g/mol. The molecule has 5 heteroatoms. The van der Waals surface area contributed by atoms with Crippen molar-refractivity contribution >= 4 is 23.2 Å². The topological polar surface area (TPSA) is 32.3 Å². The van der Waals surface area contributed by atoms with E-state index >= 15 is 0 Å². The van der Waals surface area contributed by atoms with E-state index in [0.717, 1.165) is 49.3 Å². The fourth-order valence-corrected chi connectivity index (χ4v) is 3.34. The number of piperidine rings is 1. The quantitative estimate of drug-likeness (QED) is 0.861. The first-order valence-electron chi connectivity index (χ1n) is 8.55. The van der Waals surface area contributed by atoms with Crippen molar-refractivity contribution in [3.8, 4) is 0 Å². The van der Waals surface area contributed by atoms with Gasteiger partial charge in [-0.1, -0.05) is 29.8 Å². The van der Waals surface area contributed by atoms with E-state index in [1.165, 1.54) is 12.1 Å². The molecule has 1 aliphatic heterocycles. The van der Waals surface area contributed by atoms with E-state index in [1.54, 1.807) is 6.07 Å². The fourth-order valence-electron chi connectivity index (χ4n) is 3.16. The monoisotopic (exact) mass is 360 g/mol. The van der Waals surface area contributed by atoms with Crippen LogP contribution in [-0.4, -0.2) is 23.9 Å². The molecule has 1 fully saturated rings. The van der Waals surface area contributed by atoms with Gasteiger partial charge in [0.2, 0.25) is 5.91 Å². The summed E-state index contributed by atoms with van der Waals surface area (Å²) in [4.78, 5) is 14.8. The minimum atomic E-state index is -0.213. The molecule has 0 aliphatic carbocycles. The molecule has 0 unspecified atom stereocenters. The molecule has 0 spiro atoms. The molecule has 3 nitrogen and oxygen atoms in total. The number of likely N-dealkylation sites (tertiary alicyclic amines) is 1. The lowest BCUT2D eigenvalue weighted by Crippen LogP contribution is -2.37. The van der Waals surface area contributed by atoms with Crippen molar-refractivity contribution < 1.29 is 9.18 Å². The Labute approximate surface area is 152 Å². The molecule has 0 bridgehead atoms. The fraction of sp³-hybridized carbons (Fsp3) is 0.350. The van der Waals surface area contributed by atoms with Gasteiger partial charge in [-0.25, -0.2) is 4.39 Å². The second kappa shape index (κ2) is 7.98. The first-order valence-corrected chi connectivity index (χ1v) is 8.93. The van der Waals surface area contributed by atoms with Crippen LogP contribution >= 0.6 is 11.6 Å². The van der Waals surface area contributed by atoms with Gasteiger partial charge in [0.1, 0.15) is 5.82 Å². The second-order valence-corrected chi connectivity index (χ2v) is 7.06. The second-order valence-electron chi connectivity index (χ2n) is 6.63. The third kappa shape index (κ3) is 4.80. The predicted molar refractivity (Wildman–Crippen MR) is 99.2 cm³/mol. The molecule has 3 rings (SSSR count). The zero-order valence-electron chi connectivity index (χ0n) is 14.3. The Kier molecular flexibility index (Phi) is 5.71. The molecule has 1 heterocycles. The number of amides is 1. The van der Waals surface area contributed by atoms with Gasteiger partial charge in [-0.3, -0.25) is 9.69 Å². The zero-order valence-corrected chi connectivity index (χ0v) is 15.0. The third-order valence-electron chi connectivity index (χ3n) is 4.74. The molecule has 132 valence electrons. The van der Waals surface area contributed by atoms with Crippen LogP contribution in [0.2, 0.25) is 5.02 Å². The number of halogens is 2. The van der Waals surface area contributed by atoms with E-state index in [0.29, 0.717) is 5.02 Å². The number of aryl methyl sites for hydroxylation is 1. The van der Waals surface area contributed by atoms with E-state index in [2.05, 4.69) is 10.2 Å². The summed E-state index contributed by atoms with van der Waals surface area (Å²) in [7, 11) is 0. The molecule has 0 saturated carbocycles. The molecule has 25 heavy (non-hydrogen) atoms.